The van der Waals surface area contributed by atoms with Gasteiger partial charge < -0.3 is 18.9 Å². The molecule has 3 aromatic rings. The van der Waals surface area contributed by atoms with Gasteiger partial charge in [0.15, 0.2) is 5.76 Å². The first-order valence-corrected chi connectivity index (χ1v) is 6.09. The third-order valence-electron chi connectivity index (χ3n) is 3.13. The van der Waals surface area contributed by atoms with Crippen LogP contribution in [0.2, 0.25) is 0 Å². The van der Waals surface area contributed by atoms with Crippen LogP contribution in [0.3, 0.4) is 0 Å². The van der Waals surface area contributed by atoms with Crippen LogP contribution in [-0.4, -0.2) is 20.1 Å². The maximum Gasteiger partial charge on any atom is 0.255 e. The highest BCUT2D eigenvalue weighted by molar-refractivity contribution is 6.11. The van der Waals surface area contributed by atoms with Gasteiger partial charge in [0, 0.05) is 12.4 Å². The van der Waals surface area contributed by atoms with Crippen molar-refractivity contribution < 1.29 is 18.4 Å². The van der Waals surface area contributed by atoms with E-state index in [1.807, 2.05) is 0 Å². The van der Waals surface area contributed by atoms with Crippen molar-refractivity contribution in [2.75, 3.05) is 14.2 Å². The number of fused-ring (bicyclic) bond motifs is 1. The number of nitrogens with one attached hydrogen (secondary N) is 1. The first kappa shape index (κ1) is 12.3. The van der Waals surface area contributed by atoms with E-state index in [-0.39, 0.29) is 5.91 Å². The van der Waals surface area contributed by atoms with Gasteiger partial charge >= 0.3 is 0 Å². The molecule has 0 saturated heterocycles. The van der Waals surface area contributed by atoms with Gasteiger partial charge in [0.1, 0.15) is 17.6 Å². The van der Waals surface area contributed by atoms with Crippen LogP contribution in [0, 0.1) is 0 Å². The second-order valence-electron chi connectivity index (χ2n) is 4.26. The molecule has 3 rings (SSSR count). The van der Waals surface area contributed by atoms with Crippen LogP contribution in [0.15, 0.2) is 45.6 Å². The molecule has 0 atom stereocenters. The summed E-state index contributed by atoms with van der Waals surface area (Å²) in [6.07, 6.45) is 3.08. The Morgan fingerprint density at radius 2 is 2.15 bits per heavy atom. The van der Waals surface area contributed by atoms with Crippen molar-refractivity contribution in [1.29, 1.82) is 0 Å². The van der Waals surface area contributed by atoms with Crippen LogP contribution in [-0.2, 0) is 0 Å². The summed E-state index contributed by atoms with van der Waals surface area (Å²) in [7, 11) is 3.16. The normalized spacial score (nSPS) is 10.7. The Morgan fingerprint density at radius 3 is 2.80 bits per heavy atom. The average molecular weight is 271 g/mol. The van der Waals surface area contributed by atoms with Crippen molar-refractivity contribution in [3.05, 3.63) is 42.4 Å². The van der Waals surface area contributed by atoms with Gasteiger partial charge in [0.25, 0.3) is 5.91 Å². The van der Waals surface area contributed by atoms with E-state index < -0.39 is 0 Å². The zero-order valence-electron chi connectivity index (χ0n) is 11.1. The Labute approximate surface area is 115 Å². The monoisotopic (exact) mass is 271 g/mol. The van der Waals surface area contributed by atoms with E-state index in [2.05, 4.69) is 5.32 Å². The predicted octanol–water partition coefficient (Wildman–Crippen LogP) is 3.06. The van der Waals surface area contributed by atoms with E-state index in [0.29, 0.717) is 28.0 Å². The molecule has 0 aliphatic heterocycles. The minimum Gasteiger partial charge on any atom is -0.497 e. The zero-order valence-corrected chi connectivity index (χ0v) is 11.1. The van der Waals surface area contributed by atoms with Gasteiger partial charge in [-0.25, -0.2) is 0 Å². The van der Waals surface area contributed by atoms with E-state index in [4.69, 9.17) is 13.6 Å². The van der Waals surface area contributed by atoms with Crippen molar-refractivity contribution in [2.24, 2.45) is 0 Å². The highest BCUT2D eigenvalue weighted by atomic mass is 16.5. The van der Waals surface area contributed by atoms with Gasteiger partial charge in [0.05, 0.1) is 24.5 Å². The number of hydrogen-bond donors (Lipinski definition) is 1. The standard InChI is InChI=1S/C15H13NO4/c1-16-15(17)13-11-7-10(18-2)3-4-12(11)20-14(13)9-5-6-19-8-9/h3-8H,1-2H3,(H,16,17). The molecule has 0 aliphatic rings. The van der Waals surface area contributed by atoms with Crippen LogP contribution >= 0.6 is 0 Å². The average Bonchev–Trinajstić information content (AvgIpc) is 3.12. The maximum atomic E-state index is 12.2. The number of methoxy groups -OCH3 is 1. The second kappa shape index (κ2) is 4.77. The molecule has 5 nitrogen and oxygen atoms in total. The molecule has 0 saturated carbocycles. The molecule has 0 unspecified atom stereocenters. The number of benzene rings is 1. The summed E-state index contributed by atoms with van der Waals surface area (Å²) in [5, 5.41) is 3.34. The van der Waals surface area contributed by atoms with E-state index in [1.54, 1.807) is 44.7 Å². The van der Waals surface area contributed by atoms with Crippen molar-refractivity contribution >= 4 is 16.9 Å². The molecular formula is C15H13NO4. The van der Waals surface area contributed by atoms with Crippen LogP contribution in [0.1, 0.15) is 10.4 Å². The molecule has 0 fully saturated rings. The molecule has 2 heterocycles. The van der Waals surface area contributed by atoms with Crippen molar-refractivity contribution in [3.8, 4) is 17.1 Å². The van der Waals surface area contributed by atoms with Crippen LogP contribution in [0.4, 0.5) is 0 Å². The SMILES string of the molecule is CNC(=O)c1c(-c2ccoc2)oc2ccc(OC)cc12. The summed E-state index contributed by atoms with van der Waals surface area (Å²) in [5.74, 6) is 0.941. The van der Waals surface area contributed by atoms with E-state index in [0.717, 1.165) is 5.56 Å². The first-order chi connectivity index (χ1) is 9.74. The largest absolute Gasteiger partial charge is 0.497 e. The van der Waals surface area contributed by atoms with Gasteiger partial charge in [-0.1, -0.05) is 0 Å². The summed E-state index contributed by atoms with van der Waals surface area (Å²) in [6.45, 7) is 0. The topological polar surface area (TPSA) is 64.6 Å². The minimum atomic E-state index is -0.215. The van der Waals surface area contributed by atoms with Gasteiger partial charge in [-0.2, -0.15) is 0 Å². The molecule has 1 aromatic carbocycles. The predicted molar refractivity (Wildman–Crippen MR) is 73.9 cm³/mol. The molecule has 0 spiro atoms. The number of ether oxygens (including phenoxy) is 1. The lowest BCUT2D eigenvalue weighted by atomic mass is 10.1. The van der Waals surface area contributed by atoms with Crippen LogP contribution < -0.4 is 10.1 Å². The maximum absolute atomic E-state index is 12.2. The molecule has 5 heteroatoms. The molecule has 0 aliphatic carbocycles. The first-order valence-electron chi connectivity index (χ1n) is 6.09. The summed E-state index contributed by atoms with van der Waals surface area (Å²) in [6, 6.07) is 7.11. The molecule has 0 radical (unpaired) electrons. The lowest BCUT2D eigenvalue weighted by Gasteiger charge is -2.01. The van der Waals surface area contributed by atoms with E-state index in [9.17, 15) is 4.79 Å². The van der Waals surface area contributed by atoms with Crippen LogP contribution in [0.5, 0.6) is 5.75 Å². The Kier molecular flexibility index (Phi) is 2.95. The fourth-order valence-corrected chi connectivity index (χ4v) is 2.15. The number of furan rings is 2. The minimum absolute atomic E-state index is 0.215. The Bertz CT molecular complexity index is 756. The molecular weight excluding hydrogens is 258 g/mol. The number of carbonyl (C=O) groups is 1. The number of amides is 1. The highest BCUT2D eigenvalue weighted by Crippen LogP contribution is 2.35. The summed E-state index contributed by atoms with van der Waals surface area (Å²) < 4.78 is 16.1. The summed E-state index contributed by atoms with van der Waals surface area (Å²) in [4.78, 5) is 12.2. The number of rotatable bonds is 3. The van der Waals surface area contributed by atoms with Gasteiger partial charge in [-0.3, -0.25) is 4.79 Å². The molecule has 1 N–H and O–H groups in total. The van der Waals surface area contributed by atoms with Crippen LogP contribution in [0.25, 0.3) is 22.3 Å². The van der Waals surface area contributed by atoms with Crippen molar-refractivity contribution in [3.63, 3.8) is 0 Å². The van der Waals surface area contributed by atoms with E-state index in [1.165, 1.54) is 6.26 Å². The quantitative estimate of drug-likeness (QED) is 0.795. The third kappa shape index (κ3) is 1.84. The van der Waals surface area contributed by atoms with Gasteiger partial charge in [-0.15, -0.1) is 0 Å². The molecule has 20 heavy (non-hydrogen) atoms. The van der Waals surface area contributed by atoms with Crippen molar-refractivity contribution in [1.82, 2.24) is 5.32 Å². The van der Waals surface area contributed by atoms with Crippen molar-refractivity contribution in [2.45, 2.75) is 0 Å². The number of carbonyl (C=O) groups excluding carboxylic acids is 1. The highest BCUT2D eigenvalue weighted by Gasteiger charge is 2.22. The second-order valence-corrected chi connectivity index (χ2v) is 4.26. The summed E-state index contributed by atoms with van der Waals surface area (Å²) in [5.41, 5.74) is 1.82. The molecule has 102 valence electrons. The van der Waals surface area contributed by atoms with Gasteiger partial charge in [-0.05, 0) is 24.3 Å². The summed E-state index contributed by atoms with van der Waals surface area (Å²) >= 11 is 0. The number of hydrogen-bond acceptors (Lipinski definition) is 4. The fourth-order valence-electron chi connectivity index (χ4n) is 2.15. The zero-order chi connectivity index (χ0) is 14.1. The lowest BCUT2D eigenvalue weighted by Crippen LogP contribution is -2.18. The Morgan fingerprint density at radius 1 is 1.30 bits per heavy atom. The van der Waals surface area contributed by atoms with Gasteiger partial charge in [0.2, 0.25) is 0 Å². The molecule has 1 amide bonds. The third-order valence-corrected chi connectivity index (χ3v) is 3.13. The Hall–Kier alpha value is -2.69. The smallest absolute Gasteiger partial charge is 0.255 e. The fraction of sp³-hybridized carbons (Fsp3) is 0.133. The Balaban J connectivity index is 2.31. The lowest BCUT2D eigenvalue weighted by molar-refractivity contribution is 0.0964. The van der Waals surface area contributed by atoms with E-state index >= 15 is 0 Å². The molecule has 2 aromatic heterocycles. The molecule has 0 bridgehead atoms.